The minimum absolute atomic E-state index is 0.0727. The number of aromatic nitrogens is 2. The molecule has 1 aliphatic heterocycles. The van der Waals surface area contributed by atoms with E-state index in [4.69, 9.17) is 4.74 Å². The van der Waals surface area contributed by atoms with Gasteiger partial charge in [0.25, 0.3) is 0 Å². The summed E-state index contributed by atoms with van der Waals surface area (Å²) in [5.74, 6) is 1.95. The second-order valence-corrected chi connectivity index (χ2v) is 6.07. The molecule has 0 fully saturated rings. The van der Waals surface area contributed by atoms with Crippen LogP contribution in [0.4, 0.5) is 0 Å². The van der Waals surface area contributed by atoms with Gasteiger partial charge in [-0.25, -0.2) is 4.98 Å². The lowest BCUT2D eigenvalue weighted by atomic mass is 10.1. The highest BCUT2D eigenvalue weighted by molar-refractivity contribution is 5.81. The molecule has 1 atom stereocenters. The Bertz CT molecular complexity index is 681. The van der Waals surface area contributed by atoms with Gasteiger partial charge >= 0.3 is 0 Å². The Morgan fingerprint density at radius 2 is 2.12 bits per heavy atom. The molecule has 1 amide bonds. The number of hydrogen-bond acceptors (Lipinski definition) is 4. The predicted molar refractivity (Wildman–Crippen MR) is 91.8 cm³/mol. The van der Waals surface area contributed by atoms with Crippen LogP contribution in [0.25, 0.3) is 0 Å². The normalized spacial score (nSPS) is 15.6. The number of nitrogens with zero attached hydrogens (tertiary/aromatic N) is 3. The lowest BCUT2D eigenvalue weighted by molar-refractivity contribution is -0.126. The van der Waals surface area contributed by atoms with Crippen molar-refractivity contribution < 1.29 is 9.53 Å². The highest BCUT2D eigenvalue weighted by Crippen LogP contribution is 2.14. The average Bonchev–Trinajstić information content (AvgIpc) is 3.09. The van der Waals surface area contributed by atoms with Gasteiger partial charge in [0.2, 0.25) is 5.91 Å². The second-order valence-electron chi connectivity index (χ2n) is 6.07. The number of amides is 1. The summed E-state index contributed by atoms with van der Waals surface area (Å²) in [5, 5.41) is 3.04. The number of ether oxygens (including phenoxy) is 1. The Balaban J connectivity index is 1.46. The van der Waals surface area contributed by atoms with Gasteiger partial charge in [-0.2, -0.15) is 0 Å². The van der Waals surface area contributed by atoms with Crippen molar-refractivity contribution in [2.45, 2.75) is 32.5 Å². The van der Waals surface area contributed by atoms with Crippen LogP contribution in [0.3, 0.4) is 0 Å². The molecule has 0 saturated heterocycles. The third-order valence-electron chi connectivity index (χ3n) is 4.57. The van der Waals surface area contributed by atoms with Gasteiger partial charge in [-0.15, -0.1) is 0 Å². The van der Waals surface area contributed by atoms with Gasteiger partial charge in [0.05, 0.1) is 19.7 Å². The number of fused-ring (bicyclic) bond motifs is 1. The molecular formula is C18H24N4O2. The van der Waals surface area contributed by atoms with Crippen LogP contribution < -0.4 is 10.1 Å². The Morgan fingerprint density at radius 1 is 1.33 bits per heavy atom. The van der Waals surface area contributed by atoms with Gasteiger partial charge in [0, 0.05) is 32.0 Å². The van der Waals surface area contributed by atoms with E-state index in [1.54, 1.807) is 7.11 Å². The van der Waals surface area contributed by atoms with Gasteiger partial charge in [-0.1, -0.05) is 12.1 Å². The zero-order chi connectivity index (χ0) is 16.9. The molecule has 0 bridgehead atoms. The van der Waals surface area contributed by atoms with Crippen LogP contribution in [0.15, 0.2) is 36.7 Å². The molecule has 1 aromatic carbocycles. The number of hydrogen-bond donors (Lipinski definition) is 1. The quantitative estimate of drug-likeness (QED) is 0.872. The number of rotatable bonds is 6. The molecule has 1 N–H and O–H groups in total. The number of nitrogens with one attached hydrogen (secondary N) is 1. The molecule has 0 unspecified atom stereocenters. The molecule has 2 heterocycles. The Morgan fingerprint density at radius 3 is 2.88 bits per heavy atom. The van der Waals surface area contributed by atoms with Gasteiger partial charge in [-0.3, -0.25) is 9.69 Å². The molecule has 3 rings (SSSR count). The maximum absolute atomic E-state index is 12.4. The molecule has 0 saturated carbocycles. The van der Waals surface area contributed by atoms with E-state index < -0.39 is 0 Å². The summed E-state index contributed by atoms with van der Waals surface area (Å²) in [6.07, 6.45) is 4.62. The van der Waals surface area contributed by atoms with Crippen molar-refractivity contribution in [2.75, 3.05) is 20.2 Å². The molecular weight excluding hydrogens is 304 g/mol. The van der Waals surface area contributed by atoms with Gasteiger partial charge in [0.1, 0.15) is 11.6 Å². The van der Waals surface area contributed by atoms with E-state index in [2.05, 4.69) is 19.8 Å². The molecule has 128 valence electrons. The first-order chi connectivity index (χ1) is 11.7. The highest BCUT2D eigenvalue weighted by Gasteiger charge is 2.25. The maximum atomic E-state index is 12.4. The molecule has 24 heavy (non-hydrogen) atoms. The van der Waals surface area contributed by atoms with Crippen molar-refractivity contribution in [3.8, 4) is 5.75 Å². The van der Waals surface area contributed by atoms with Crippen LogP contribution in [0.1, 0.15) is 18.3 Å². The molecule has 0 spiro atoms. The summed E-state index contributed by atoms with van der Waals surface area (Å²) in [6.45, 7) is 5.08. The fraction of sp³-hybridized carbons (Fsp3) is 0.444. The summed E-state index contributed by atoms with van der Waals surface area (Å²) in [4.78, 5) is 18.9. The number of carbonyl (C=O) groups is 1. The van der Waals surface area contributed by atoms with Crippen LogP contribution in [0.2, 0.25) is 0 Å². The zero-order valence-corrected chi connectivity index (χ0v) is 14.2. The average molecular weight is 328 g/mol. The van der Waals surface area contributed by atoms with Crippen LogP contribution in [-0.2, 0) is 24.3 Å². The third kappa shape index (κ3) is 3.76. The van der Waals surface area contributed by atoms with Crippen molar-refractivity contribution >= 4 is 5.91 Å². The van der Waals surface area contributed by atoms with E-state index in [9.17, 15) is 4.79 Å². The Labute approximate surface area is 142 Å². The largest absolute Gasteiger partial charge is 0.497 e. The standard InChI is InChI=1S/C18H24N4O2/c1-14(22-12-11-21-10-9-19-17(21)13-22)18(23)20-8-7-15-3-5-16(24-2)6-4-15/h3-6,9-10,14H,7-8,11-13H2,1-2H3,(H,20,23)/t14-/m0/s1. The summed E-state index contributed by atoms with van der Waals surface area (Å²) >= 11 is 0. The Hall–Kier alpha value is -2.34. The van der Waals surface area contributed by atoms with Crippen molar-refractivity contribution in [2.24, 2.45) is 0 Å². The molecule has 1 aromatic heterocycles. The first-order valence-corrected chi connectivity index (χ1v) is 8.32. The van der Waals surface area contributed by atoms with Crippen LogP contribution in [-0.4, -0.2) is 46.6 Å². The molecule has 2 aromatic rings. The first-order valence-electron chi connectivity index (χ1n) is 8.32. The second kappa shape index (κ2) is 7.49. The number of methoxy groups -OCH3 is 1. The summed E-state index contributed by atoms with van der Waals surface area (Å²) in [7, 11) is 1.66. The summed E-state index contributed by atoms with van der Waals surface area (Å²) in [6, 6.07) is 7.79. The van der Waals surface area contributed by atoms with Crippen LogP contribution in [0.5, 0.6) is 5.75 Å². The van der Waals surface area contributed by atoms with E-state index in [0.29, 0.717) is 6.54 Å². The van der Waals surface area contributed by atoms with Gasteiger partial charge < -0.3 is 14.6 Å². The van der Waals surface area contributed by atoms with Gasteiger partial charge in [0.15, 0.2) is 0 Å². The van der Waals surface area contributed by atoms with Crippen LogP contribution in [0, 0.1) is 0 Å². The molecule has 6 heteroatoms. The Kier molecular flexibility index (Phi) is 5.15. The topological polar surface area (TPSA) is 59.4 Å². The molecule has 6 nitrogen and oxygen atoms in total. The van der Waals surface area contributed by atoms with E-state index in [1.165, 1.54) is 5.56 Å². The van der Waals surface area contributed by atoms with Crippen molar-refractivity contribution in [3.05, 3.63) is 48.0 Å². The minimum atomic E-state index is -0.147. The lowest BCUT2D eigenvalue weighted by Gasteiger charge is -2.31. The molecule has 1 aliphatic rings. The SMILES string of the molecule is COc1ccc(CCNC(=O)[C@H](C)N2CCn3ccnc3C2)cc1. The van der Waals surface area contributed by atoms with Crippen molar-refractivity contribution in [3.63, 3.8) is 0 Å². The van der Waals surface area contributed by atoms with E-state index in [-0.39, 0.29) is 11.9 Å². The molecule has 0 aliphatic carbocycles. The van der Waals surface area contributed by atoms with Crippen molar-refractivity contribution in [1.29, 1.82) is 0 Å². The summed E-state index contributed by atoms with van der Waals surface area (Å²) < 4.78 is 7.29. The minimum Gasteiger partial charge on any atom is -0.497 e. The lowest BCUT2D eigenvalue weighted by Crippen LogP contribution is -2.48. The zero-order valence-electron chi connectivity index (χ0n) is 14.2. The number of benzene rings is 1. The number of imidazole rings is 1. The highest BCUT2D eigenvalue weighted by atomic mass is 16.5. The van der Waals surface area contributed by atoms with E-state index in [1.807, 2.05) is 43.6 Å². The fourth-order valence-electron chi connectivity index (χ4n) is 2.96. The van der Waals surface area contributed by atoms with Gasteiger partial charge in [-0.05, 0) is 31.0 Å². The van der Waals surface area contributed by atoms with Crippen molar-refractivity contribution in [1.82, 2.24) is 19.8 Å². The third-order valence-corrected chi connectivity index (χ3v) is 4.57. The maximum Gasteiger partial charge on any atom is 0.237 e. The van der Waals surface area contributed by atoms with E-state index >= 15 is 0 Å². The molecule has 0 radical (unpaired) electrons. The van der Waals surface area contributed by atoms with Crippen LogP contribution >= 0.6 is 0 Å². The number of carbonyl (C=O) groups excluding carboxylic acids is 1. The van der Waals surface area contributed by atoms with E-state index in [0.717, 1.165) is 37.6 Å². The smallest absolute Gasteiger partial charge is 0.237 e. The predicted octanol–water partition coefficient (Wildman–Crippen LogP) is 1.45. The summed E-state index contributed by atoms with van der Waals surface area (Å²) in [5.41, 5.74) is 1.18. The monoisotopic (exact) mass is 328 g/mol. The first kappa shape index (κ1) is 16.5. The fourth-order valence-corrected chi connectivity index (χ4v) is 2.96.